The highest BCUT2D eigenvalue weighted by molar-refractivity contribution is 7.09. The van der Waals surface area contributed by atoms with E-state index in [9.17, 15) is 4.79 Å². The molecule has 0 bridgehead atoms. The number of carbonyl (C=O) groups is 1. The predicted molar refractivity (Wildman–Crippen MR) is 81.3 cm³/mol. The van der Waals surface area contributed by atoms with Crippen molar-refractivity contribution in [3.05, 3.63) is 58.0 Å². The van der Waals surface area contributed by atoms with E-state index in [2.05, 4.69) is 11.4 Å². The van der Waals surface area contributed by atoms with Crippen molar-refractivity contribution in [3.8, 4) is 0 Å². The second kappa shape index (κ2) is 5.51. The van der Waals surface area contributed by atoms with Gasteiger partial charge in [-0.2, -0.15) is 0 Å². The molecule has 0 aliphatic carbocycles. The molecule has 4 heteroatoms. The van der Waals surface area contributed by atoms with E-state index in [4.69, 9.17) is 4.42 Å². The van der Waals surface area contributed by atoms with Gasteiger partial charge >= 0.3 is 0 Å². The molecule has 3 aromatic rings. The minimum absolute atomic E-state index is 0.0657. The van der Waals surface area contributed by atoms with Crippen LogP contribution in [0.4, 0.5) is 0 Å². The summed E-state index contributed by atoms with van der Waals surface area (Å²) in [5.74, 6) is 0.601. The molecular formula is C16H15NO2S. The molecule has 3 rings (SSSR count). The summed E-state index contributed by atoms with van der Waals surface area (Å²) >= 11 is 1.71. The highest BCUT2D eigenvalue weighted by Gasteiger charge is 2.17. The summed E-state index contributed by atoms with van der Waals surface area (Å²) in [4.78, 5) is 13.6. The highest BCUT2D eigenvalue weighted by atomic mass is 32.1. The van der Waals surface area contributed by atoms with E-state index in [-0.39, 0.29) is 5.91 Å². The topological polar surface area (TPSA) is 42.2 Å². The van der Waals surface area contributed by atoms with Crippen molar-refractivity contribution in [2.45, 2.75) is 13.3 Å². The molecule has 1 aromatic carbocycles. The van der Waals surface area contributed by atoms with E-state index >= 15 is 0 Å². The zero-order chi connectivity index (χ0) is 13.9. The highest BCUT2D eigenvalue weighted by Crippen LogP contribution is 2.24. The van der Waals surface area contributed by atoms with Crippen molar-refractivity contribution < 1.29 is 9.21 Å². The molecule has 0 saturated heterocycles. The largest absolute Gasteiger partial charge is 0.461 e. The first-order valence-electron chi connectivity index (χ1n) is 6.54. The van der Waals surface area contributed by atoms with E-state index in [1.807, 2.05) is 42.6 Å². The maximum atomic E-state index is 12.3. The Bertz CT molecular complexity index is 728. The number of fused-ring (bicyclic) bond motifs is 1. The molecule has 0 aliphatic rings. The molecular weight excluding hydrogens is 270 g/mol. The number of para-hydroxylation sites is 1. The molecule has 0 fully saturated rings. The second-order valence-corrected chi connectivity index (χ2v) is 5.65. The van der Waals surface area contributed by atoms with Crippen LogP contribution < -0.4 is 5.32 Å². The molecule has 1 amide bonds. The van der Waals surface area contributed by atoms with Crippen LogP contribution in [-0.2, 0) is 6.42 Å². The number of rotatable bonds is 4. The Morgan fingerprint density at radius 3 is 2.90 bits per heavy atom. The molecule has 0 aliphatic heterocycles. The van der Waals surface area contributed by atoms with Crippen molar-refractivity contribution in [1.82, 2.24) is 5.32 Å². The molecule has 1 N–H and O–H groups in total. The zero-order valence-corrected chi connectivity index (χ0v) is 12.0. The molecule has 3 nitrogen and oxygen atoms in total. The number of hydrogen-bond acceptors (Lipinski definition) is 3. The summed E-state index contributed by atoms with van der Waals surface area (Å²) in [6, 6.07) is 11.7. The summed E-state index contributed by atoms with van der Waals surface area (Å²) in [6.45, 7) is 2.46. The number of amides is 1. The van der Waals surface area contributed by atoms with Crippen molar-refractivity contribution in [2.24, 2.45) is 0 Å². The van der Waals surface area contributed by atoms with Crippen LogP contribution in [0.3, 0.4) is 0 Å². The molecule has 0 unspecified atom stereocenters. The second-order valence-electron chi connectivity index (χ2n) is 4.61. The first kappa shape index (κ1) is 12.9. The van der Waals surface area contributed by atoms with E-state index < -0.39 is 0 Å². The fourth-order valence-corrected chi connectivity index (χ4v) is 3.00. The van der Waals surface area contributed by atoms with Crippen LogP contribution in [0.2, 0.25) is 0 Å². The van der Waals surface area contributed by atoms with Gasteiger partial charge < -0.3 is 9.73 Å². The van der Waals surface area contributed by atoms with Gasteiger partial charge in [-0.3, -0.25) is 4.79 Å². The molecule has 20 heavy (non-hydrogen) atoms. The van der Waals surface area contributed by atoms with E-state index in [1.165, 1.54) is 4.88 Å². The molecule has 0 saturated carbocycles. The van der Waals surface area contributed by atoms with Crippen molar-refractivity contribution in [3.63, 3.8) is 0 Å². The number of aryl methyl sites for hydroxylation is 1. The number of furan rings is 1. The minimum Gasteiger partial charge on any atom is -0.461 e. The Kier molecular flexibility index (Phi) is 3.56. The lowest BCUT2D eigenvalue weighted by Gasteiger charge is -2.03. The van der Waals surface area contributed by atoms with Gasteiger partial charge in [0, 0.05) is 16.8 Å². The van der Waals surface area contributed by atoms with Gasteiger partial charge in [0.15, 0.2) is 0 Å². The van der Waals surface area contributed by atoms with Crippen molar-refractivity contribution in [2.75, 3.05) is 6.54 Å². The van der Waals surface area contributed by atoms with Crippen LogP contribution in [-0.4, -0.2) is 12.5 Å². The summed E-state index contributed by atoms with van der Waals surface area (Å²) < 4.78 is 5.61. The van der Waals surface area contributed by atoms with Gasteiger partial charge in [-0.05, 0) is 30.9 Å². The summed E-state index contributed by atoms with van der Waals surface area (Å²) in [7, 11) is 0. The Morgan fingerprint density at radius 2 is 2.10 bits per heavy atom. The third-order valence-corrected chi connectivity index (χ3v) is 4.17. The molecule has 2 heterocycles. The number of nitrogens with one attached hydrogen (secondary N) is 1. The van der Waals surface area contributed by atoms with Crippen LogP contribution >= 0.6 is 11.3 Å². The Hall–Kier alpha value is -2.07. The average molecular weight is 285 g/mol. The maximum Gasteiger partial charge on any atom is 0.255 e. The maximum absolute atomic E-state index is 12.3. The van der Waals surface area contributed by atoms with Crippen molar-refractivity contribution >= 4 is 28.2 Å². The Labute approximate surface area is 121 Å². The molecule has 0 atom stereocenters. The Balaban J connectivity index is 1.74. The smallest absolute Gasteiger partial charge is 0.255 e. The fraction of sp³-hybridized carbons (Fsp3) is 0.188. The van der Waals surface area contributed by atoms with Crippen LogP contribution in [0, 0.1) is 6.92 Å². The van der Waals surface area contributed by atoms with Crippen LogP contribution in [0.5, 0.6) is 0 Å². The van der Waals surface area contributed by atoms with Crippen LogP contribution in [0.1, 0.15) is 21.0 Å². The summed E-state index contributed by atoms with van der Waals surface area (Å²) in [5.41, 5.74) is 1.40. The number of thiophene rings is 1. The lowest BCUT2D eigenvalue weighted by molar-refractivity contribution is 0.0954. The lowest BCUT2D eigenvalue weighted by atomic mass is 10.1. The lowest BCUT2D eigenvalue weighted by Crippen LogP contribution is -2.25. The predicted octanol–water partition coefficient (Wildman–Crippen LogP) is 3.78. The number of hydrogen-bond donors (Lipinski definition) is 1. The fourth-order valence-electron chi connectivity index (χ4n) is 2.29. The van der Waals surface area contributed by atoms with E-state index in [0.29, 0.717) is 17.9 Å². The van der Waals surface area contributed by atoms with Crippen molar-refractivity contribution in [1.29, 1.82) is 0 Å². The Morgan fingerprint density at radius 1 is 1.25 bits per heavy atom. The zero-order valence-electron chi connectivity index (χ0n) is 11.2. The first-order chi connectivity index (χ1) is 9.75. The van der Waals surface area contributed by atoms with E-state index in [1.54, 1.807) is 11.3 Å². The molecule has 0 radical (unpaired) electrons. The van der Waals surface area contributed by atoms with Gasteiger partial charge in [-0.25, -0.2) is 0 Å². The summed E-state index contributed by atoms with van der Waals surface area (Å²) in [6.07, 6.45) is 0.859. The molecule has 102 valence electrons. The number of benzene rings is 1. The normalized spacial score (nSPS) is 10.8. The first-order valence-corrected chi connectivity index (χ1v) is 7.42. The molecule has 2 aromatic heterocycles. The van der Waals surface area contributed by atoms with Gasteiger partial charge in [0.1, 0.15) is 11.3 Å². The minimum atomic E-state index is -0.0657. The van der Waals surface area contributed by atoms with Crippen LogP contribution in [0.25, 0.3) is 11.0 Å². The van der Waals surface area contributed by atoms with Gasteiger partial charge in [0.2, 0.25) is 0 Å². The quantitative estimate of drug-likeness (QED) is 0.792. The van der Waals surface area contributed by atoms with E-state index in [0.717, 1.165) is 17.4 Å². The number of carbonyl (C=O) groups excluding carboxylic acids is 1. The van der Waals surface area contributed by atoms with Gasteiger partial charge in [0.05, 0.1) is 5.56 Å². The average Bonchev–Trinajstić information content (AvgIpc) is 3.04. The summed E-state index contributed by atoms with van der Waals surface area (Å²) in [5, 5.41) is 5.88. The molecule has 0 spiro atoms. The third kappa shape index (κ3) is 2.47. The van der Waals surface area contributed by atoms with Gasteiger partial charge in [0.25, 0.3) is 5.91 Å². The monoisotopic (exact) mass is 285 g/mol. The van der Waals surface area contributed by atoms with Gasteiger partial charge in [-0.15, -0.1) is 11.3 Å². The third-order valence-electron chi connectivity index (χ3n) is 3.24. The van der Waals surface area contributed by atoms with Gasteiger partial charge in [-0.1, -0.05) is 24.3 Å². The SMILES string of the molecule is Cc1oc2ccccc2c1C(=O)NCCc1cccs1. The standard InChI is InChI=1S/C16H15NO2S/c1-11-15(13-6-2-3-7-14(13)19-11)16(18)17-9-8-12-5-4-10-20-12/h2-7,10H,8-9H2,1H3,(H,17,18). The van der Waals surface area contributed by atoms with Crippen LogP contribution in [0.15, 0.2) is 46.2 Å².